The SMILES string of the molecule is COc1cc2c(cc1-c1ccncc1)CC([C@H](N)CC(C)C)=N2. The number of nitrogens with zero attached hydrogens (tertiary/aromatic N) is 2. The Hall–Kier alpha value is -2.20. The molecule has 0 spiro atoms. The number of nitrogens with two attached hydrogens (primary N) is 1. The number of benzene rings is 1. The van der Waals surface area contributed by atoms with Crippen molar-refractivity contribution < 1.29 is 4.74 Å². The Balaban J connectivity index is 1.93. The van der Waals surface area contributed by atoms with E-state index in [0.717, 1.165) is 41.1 Å². The summed E-state index contributed by atoms with van der Waals surface area (Å²) in [5.74, 6) is 1.40. The Labute approximate surface area is 137 Å². The van der Waals surface area contributed by atoms with Crippen molar-refractivity contribution >= 4 is 11.4 Å². The molecule has 1 atom stereocenters. The summed E-state index contributed by atoms with van der Waals surface area (Å²) in [6.07, 6.45) is 5.37. The van der Waals surface area contributed by atoms with E-state index >= 15 is 0 Å². The standard InChI is InChI=1S/C19H23N3O/c1-12(2)8-16(20)18-10-14-9-15(13-4-6-21-7-5-13)19(23-3)11-17(14)22-18/h4-7,9,11-12,16H,8,10,20H2,1-3H3/t16-/m1/s1. The highest BCUT2D eigenvalue weighted by molar-refractivity contribution is 5.98. The third kappa shape index (κ3) is 3.27. The normalized spacial score (nSPS) is 14.6. The van der Waals surface area contributed by atoms with Crippen LogP contribution < -0.4 is 10.5 Å². The van der Waals surface area contributed by atoms with Crippen molar-refractivity contribution in [1.82, 2.24) is 4.98 Å². The fraction of sp³-hybridized carbons (Fsp3) is 0.368. The van der Waals surface area contributed by atoms with Crippen LogP contribution in [0.25, 0.3) is 11.1 Å². The maximum absolute atomic E-state index is 6.31. The van der Waals surface area contributed by atoms with E-state index in [1.165, 1.54) is 5.56 Å². The number of aliphatic imine (C=N–C) groups is 1. The highest BCUT2D eigenvalue weighted by Crippen LogP contribution is 2.39. The highest BCUT2D eigenvalue weighted by Gasteiger charge is 2.23. The van der Waals surface area contributed by atoms with Crippen LogP contribution in [0, 0.1) is 5.92 Å². The lowest BCUT2D eigenvalue weighted by Crippen LogP contribution is -2.31. The molecule has 3 rings (SSSR count). The van der Waals surface area contributed by atoms with Gasteiger partial charge < -0.3 is 10.5 Å². The van der Waals surface area contributed by atoms with E-state index in [0.29, 0.717) is 5.92 Å². The maximum atomic E-state index is 6.31. The first-order valence-electron chi connectivity index (χ1n) is 8.03. The molecule has 0 saturated carbocycles. The molecule has 120 valence electrons. The zero-order chi connectivity index (χ0) is 16.4. The van der Waals surface area contributed by atoms with Gasteiger partial charge in [0.2, 0.25) is 0 Å². The monoisotopic (exact) mass is 309 g/mol. The van der Waals surface area contributed by atoms with Crippen molar-refractivity contribution in [2.75, 3.05) is 7.11 Å². The molecule has 1 aromatic carbocycles. The van der Waals surface area contributed by atoms with Crippen LogP contribution in [0.5, 0.6) is 5.75 Å². The van der Waals surface area contributed by atoms with Crippen LogP contribution in [0.4, 0.5) is 5.69 Å². The largest absolute Gasteiger partial charge is 0.496 e. The lowest BCUT2D eigenvalue weighted by molar-refractivity contribution is 0.416. The summed E-state index contributed by atoms with van der Waals surface area (Å²) in [7, 11) is 1.69. The number of fused-ring (bicyclic) bond motifs is 1. The summed E-state index contributed by atoms with van der Waals surface area (Å²) < 4.78 is 5.56. The van der Waals surface area contributed by atoms with Gasteiger partial charge in [0, 0.05) is 42.2 Å². The molecule has 0 bridgehead atoms. The number of hydrogen-bond acceptors (Lipinski definition) is 4. The summed E-state index contributed by atoms with van der Waals surface area (Å²) in [5.41, 5.74) is 11.7. The highest BCUT2D eigenvalue weighted by atomic mass is 16.5. The van der Waals surface area contributed by atoms with E-state index in [1.807, 2.05) is 18.2 Å². The lowest BCUT2D eigenvalue weighted by Gasteiger charge is -2.13. The van der Waals surface area contributed by atoms with Gasteiger partial charge in [-0.2, -0.15) is 0 Å². The minimum Gasteiger partial charge on any atom is -0.496 e. The van der Waals surface area contributed by atoms with Crippen LogP contribution in [0.15, 0.2) is 41.7 Å². The second-order valence-corrected chi connectivity index (χ2v) is 6.43. The van der Waals surface area contributed by atoms with Crippen molar-refractivity contribution in [2.24, 2.45) is 16.6 Å². The molecule has 0 aliphatic carbocycles. The van der Waals surface area contributed by atoms with Gasteiger partial charge in [0.15, 0.2) is 0 Å². The number of aromatic nitrogens is 1. The minimum absolute atomic E-state index is 0.0257. The fourth-order valence-corrected chi connectivity index (χ4v) is 3.03. The van der Waals surface area contributed by atoms with Gasteiger partial charge in [-0.05, 0) is 41.7 Å². The predicted molar refractivity (Wildman–Crippen MR) is 94.5 cm³/mol. The van der Waals surface area contributed by atoms with Gasteiger partial charge in [-0.25, -0.2) is 0 Å². The van der Waals surface area contributed by atoms with Gasteiger partial charge in [-0.15, -0.1) is 0 Å². The summed E-state index contributed by atoms with van der Waals surface area (Å²) >= 11 is 0. The molecule has 23 heavy (non-hydrogen) atoms. The van der Waals surface area contributed by atoms with Gasteiger partial charge >= 0.3 is 0 Å². The smallest absolute Gasteiger partial charge is 0.128 e. The van der Waals surface area contributed by atoms with E-state index in [1.54, 1.807) is 19.5 Å². The van der Waals surface area contributed by atoms with Gasteiger partial charge in [0.05, 0.1) is 12.8 Å². The molecule has 2 N–H and O–H groups in total. The van der Waals surface area contributed by atoms with Crippen molar-refractivity contribution in [3.8, 4) is 16.9 Å². The number of pyridine rings is 1. The molecule has 2 heterocycles. The van der Waals surface area contributed by atoms with Crippen molar-refractivity contribution in [3.05, 3.63) is 42.2 Å². The Morgan fingerprint density at radius 1 is 1.22 bits per heavy atom. The Bertz CT molecular complexity index is 723. The minimum atomic E-state index is 0.0257. The van der Waals surface area contributed by atoms with E-state index in [9.17, 15) is 0 Å². The molecular formula is C19H23N3O. The fourth-order valence-electron chi connectivity index (χ4n) is 3.03. The summed E-state index contributed by atoms with van der Waals surface area (Å²) in [6.45, 7) is 4.38. The number of hydrogen-bond donors (Lipinski definition) is 1. The van der Waals surface area contributed by atoms with Crippen LogP contribution in [-0.2, 0) is 6.42 Å². The van der Waals surface area contributed by atoms with E-state index < -0.39 is 0 Å². The molecule has 0 radical (unpaired) electrons. The predicted octanol–water partition coefficient (Wildman–Crippen LogP) is 3.76. The van der Waals surface area contributed by atoms with Crippen molar-refractivity contribution in [1.29, 1.82) is 0 Å². The van der Waals surface area contributed by atoms with Crippen LogP contribution >= 0.6 is 0 Å². The number of ether oxygens (including phenoxy) is 1. The first-order valence-corrected chi connectivity index (χ1v) is 8.03. The number of methoxy groups -OCH3 is 1. The number of rotatable bonds is 5. The molecule has 0 fully saturated rings. The molecule has 2 aromatic rings. The van der Waals surface area contributed by atoms with Crippen molar-refractivity contribution in [3.63, 3.8) is 0 Å². The Morgan fingerprint density at radius 2 is 1.96 bits per heavy atom. The van der Waals surface area contributed by atoms with Crippen LogP contribution in [0.3, 0.4) is 0 Å². The molecule has 4 nitrogen and oxygen atoms in total. The first kappa shape index (κ1) is 15.7. The second-order valence-electron chi connectivity index (χ2n) is 6.43. The second kappa shape index (κ2) is 6.50. The molecule has 0 saturated heterocycles. The van der Waals surface area contributed by atoms with Crippen LogP contribution in [0.2, 0.25) is 0 Å². The van der Waals surface area contributed by atoms with E-state index in [-0.39, 0.29) is 6.04 Å². The Kier molecular flexibility index (Phi) is 4.44. The summed E-state index contributed by atoms with van der Waals surface area (Å²) in [5, 5.41) is 0. The van der Waals surface area contributed by atoms with Gasteiger partial charge in [-0.1, -0.05) is 13.8 Å². The van der Waals surface area contributed by atoms with Gasteiger partial charge in [0.1, 0.15) is 5.75 Å². The van der Waals surface area contributed by atoms with Crippen molar-refractivity contribution in [2.45, 2.75) is 32.7 Å². The molecular weight excluding hydrogens is 286 g/mol. The average Bonchev–Trinajstić information content (AvgIpc) is 2.97. The molecule has 1 aliphatic rings. The van der Waals surface area contributed by atoms with Crippen LogP contribution in [0.1, 0.15) is 25.8 Å². The van der Waals surface area contributed by atoms with E-state index in [2.05, 4.69) is 24.9 Å². The third-order valence-corrected chi connectivity index (χ3v) is 4.18. The third-order valence-electron chi connectivity index (χ3n) is 4.18. The van der Waals surface area contributed by atoms with Gasteiger partial charge in [0.25, 0.3) is 0 Å². The first-order chi connectivity index (χ1) is 11.1. The summed E-state index contributed by atoms with van der Waals surface area (Å²) in [6, 6.07) is 8.19. The zero-order valence-corrected chi connectivity index (χ0v) is 13.9. The molecule has 1 aliphatic heterocycles. The summed E-state index contributed by atoms with van der Waals surface area (Å²) in [4.78, 5) is 8.83. The topological polar surface area (TPSA) is 60.5 Å². The molecule has 4 heteroatoms. The molecule has 0 unspecified atom stereocenters. The molecule has 0 amide bonds. The quantitative estimate of drug-likeness (QED) is 0.914. The van der Waals surface area contributed by atoms with Gasteiger partial charge in [-0.3, -0.25) is 9.98 Å². The zero-order valence-electron chi connectivity index (χ0n) is 13.9. The average molecular weight is 309 g/mol. The Morgan fingerprint density at radius 3 is 2.61 bits per heavy atom. The maximum Gasteiger partial charge on any atom is 0.128 e. The van der Waals surface area contributed by atoms with Crippen LogP contribution in [-0.4, -0.2) is 23.8 Å². The van der Waals surface area contributed by atoms with E-state index in [4.69, 9.17) is 15.5 Å². The lowest BCUT2D eigenvalue weighted by atomic mass is 9.96. The molecule has 1 aromatic heterocycles.